The number of benzene rings is 1. The predicted octanol–water partition coefficient (Wildman–Crippen LogP) is -0.386. The summed E-state index contributed by atoms with van der Waals surface area (Å²) in [6.07, 6.45) is 0. The van der Waals surface area contributed by atoms with Crippen LogP contribution in [-0.2, 0) is 19.4 Å². The van der Waals surface area contributed by atoms with Crippen molar-refractivity contribution >= 4 is 19.4 Å². The maximum atomic E-state index is 11.8. The van der Waals surface area contributed by atoms with Gasteiger partial charge in [-0.15, -0.1) is 0 Å². The molecular formula is C13H14N2O2Se. The van der Waals surface area contributed by atoms with E-state index in [4.69, 9.17) is 0 Å². The van der Waals surface area contributed by atoms with E-state index >= 15 is 0 Å². The van der Waals surface area contributed by atoms with Crippen molar-refractivity contribution in [2.24, 2.45) is 14.1 Å². The first-order valence-electron chi connectivity index (χ1n) is 5.53. The van der Waals surface area contributed by atoms with Gasteiger partial charge in [0.25, 0.3) is 0 Å². The summed E-state index contributed by atoms with van der Waals surface area (Å²) in [5.74, 6) is 0. The molecule has 1 heterocycles. The van der Waals surface area contributed by atoms with E-state index < -0.39 is 0 Å². The summed E-state index contributed by atoms with van der Waals surface area (Å²) in [6.45, 7) is 0. The molecule has 2 rings (SSSR count). The van der Waals surface area contributed by atoms with E-state index in [0.29, 0.717) is 0 Å². The van der Waals surface area contributed by atoms with Gasteiger partial charge in [0.2, 0.25) is 0 Å². The second kappa shape index (κ2) is 5.38. The zero-order valence-corrected chi connectivity index (χ0v) is 12.0. The van der Waals surface area contributed by atoms with Gasteiger partial charge in [-0.05, 0) is 0 Å². The molecule has 0 N–H and O–H groups in total. The fraction of sp³-hybridized carbons (Fsp3) is 0.231. The van der Waals surface area contributed by atoms with Gasteiger partial charge in [-0.3, -0.25) is 0 Å². The van der Waals surface area contributed by atoms with Gasteiger partial charge in [-0.1, -0.05) is 0 Å². The molecule has 0 spiro atoms. The molecule has 94 valence electrons. The number of hydrogen-bond acceptors (Lipinski definition) is 2. The number of nitrogens with zero attached hydrogens (tertiary/aromatic N) is 2. The molecule has 2 aromatic rings. The van der Waals surface area contributed by atoms with Crippen molar-refractivity contribution in [3.05, 3.63) is 62.9 Å². The van der Waals surface area contributed by atoms with Crippen molar-refractivity contribution in [2.45, 2.75) is 5.32 Å². The zero-order chi connectivity index (χ0) is 13.1. The SMILES string of the molecule is Cn1c(C[Se]c2ccccc2)cc(=O)n(C)c1=O. The Morgan fingerprint density at radius 1 is 1.06 bits per heavy atom. The monoisotopic (exact) mass is 310 g/mol. The van der Waals surface area contributed by atoms with Gasteiger partial charge in [-0.2, -0.15) is 0 Å². The van der Waals surface area contributed by atoms with Crippen LogP contribution in [0.1, 0.15) is 5.69 Å². The Bertz CT molecular complexity index is 659. The van der Waals surface area contributed by atoms with Crippen molar-refractivity contribution in [3.8, 4) is 0 Å². The standard InChI is InChI=1S/C13H14N2O2Se/c1-14-10(8-12(16)15(2)13(14)17)9-18-11-6-4-3-5-7-11/h3-8H,9H2,1-2H3. The first-order valence-corrected chi connectivity index (χ1v) is 7.60. The van der Waals surface area contributed by atoms with E-state index in [9.17, 15) is 9.59 Å². The molecule has 0 saturated carbocycles. The molecule has 0 amide bonds. The first kappa shape index (κ1) is 12.9. The molecular weight excluding hydrogens is 295 g/mol. The summed E-state index contributed by atoms with van der Waals surface area (Å²) < 4.78 is 3.93. The van der Waals surface area contributed by atoms with Crippen LogP contribution in [0.2, 0.25) is 0 Å². The van der Waals surface area contributed by atoms with Crippen LogP contribution in [-0.4, -0.2) is 24.1 Å². The van der Waals surface area contributed by atoms with Crippen LogP contribution in [0.25, 0.3) is 0 Å². The molecule has 1 aromatic heterocycles. The molecule has 0 aliphatic rings. The van der Waals surface area contributed by atoms with Gasteiger partial charge in [0.15, 0.2) is 0 Å². The average molecular weight is 309 g/mol. The Morgan fingerprint density at radius 2 is 1.72 bits per heavy atom. The van der Waals surface area contributed by atoms with E-state index in [0.717, 1.165) is 15.6 Å². The van der Waals surface area contributed by atoms with Crippen molar-refractivity contribution in [2.75, 3.05) is 0 Å². The molecule has 0 aliphatic carbocycles. The Kier molecular flexibility index (Phi) is 3.84. The maximum absolute atomic E-state index is 11.8. The Balaban J connectivity index is 2.26. The number of hydrogen-bond donors (Lipinski definition) is 0. The molecule has 0 saturated heterocycles. The third-order valence-electron chi connectivity index (χ3n) is 2.76. The third kappa shape index (κ3) is 2.63. The van der Waals surface area contributed by atoms with Gasteiger partial charge >= 0.3 is 111 Å². The summed E-state index contributed by atoms with van der Waals surface area (Å²) in [6, 6.07) is 11.7. The van der Waals surface area contributed by atoms with Crippen LogP contribution in [0.15, 0.2) is 46.0 Å². The molecule has 0 atom stereocenters. The summed E-state index contributed by atoms with van der Waals surface area (Å²) in [4.78, 5) is 23.3. The Labute approximate surface area is 111 Å². The summed E-state index contributed by atoms with van der Waals surface area (Å²) in [7, 11) is 3.20. The van der Waals surface area contributed by atoms with Crippen LogP contribution >= 0.6 is 0 Å². The van der Waals surface area contributed by atoms with Crippen molar-refractivity contribution in [3.63, 3.8) is 0 Å². The van der Waals surface area contributed by atoms with E-state index in [1.54, 1.807) is 17.7 Å². The van der Waals surface area contributed by atoms with Crippen molar-refractivity contribution < 1.29 is 0 Å². The summed E-state index contributed by atoms with van der Waals surface area (Å²) in [5, 5.41) is 0.749. The molecule has 0 aliphatic heterocycles. The quantitative estimate of drug-likeness (QED) is 0.725. The van der Waals surface area contributed by atoms with E-state index in [-0.39, 0.29) is 26.2 Å². The average Bonchev–Trinajstić information content (AvgIpc) is 2.40. The minimum atomic E-state index is -0.263. The zero-order valence-electron chi connectivity index (χ0n) is 10.3. The molecule has 4 nitrogen and oxygen atoms in total. The van der Waals surface area contributed by atoms with Gasteiger partial charge in [0.05, 0.1) is 0 Å². The Morgan fingerprint density at radius 3 is 2.39 bits per heavy atom. The molecule has 1 aromatic carbocycles. The van der Waals surface area contributed by atoms with Gasteiger partial charge < -0.3 is 0 Å². The van der Waals surface area contributed by atoms with Crippen molar-refractivity contribution in [1.29, 1.82) is 0 Å². The number of aromatic nitrogens is 2. The summed E-state index contributed by atoms with van der Waals surface area (Å²) in [5.41, 5.74) is 0.297. The van der Waals surface area contributed by atoms with E-state index in [2.05, 4.69) is 12.1 Å². The molecule has 0 unspecified atom stereocenters. The summed E-state index contributed by atoms with van der Waals surface area (Å²) >= 11 is 0.234. The molecule has 18 heavy (non-hydrogen) atoms. The fourth-order valence-corrected chi connectivity index (χ4v) is 3.57. The van der Waals surface area contributed by atoms with Gasteiger partial charge in [0, 0.05) is 0 Å². The van der Waals surface area contributed by atoms with Crippen molar-refractivity contribution in [1.82, 2.24) is 9.13 Å². The predicted molar refractivity (Wildman–Crippen MR) is 72.5 cm³/mol. The van der Waals surface area contributed by atoms with Crippen LogP contribution in [0.3, 0.4) is 0 Å². The van der Waals surface area contributed by atoms with Gasteiger partial charge in [-0.25, -0.2) is 0 Å². The molecule has 0 fully saturated rings. The van der Waals surface area contributed by atoms with E-state index in [1.165, 1.54) is 11.5 Å². The first-order chi connectivity index (χ1) is 8.59. The van der Waals surface area contributed by atoms with Gasteiger partial charge in [0.1, 0.15) is 0 Å². The van der Waals surface area contributed by atoms with Crippen LogP contribution < -0.4 is 15.7 Å². The second-order valence-electron chi connectivity index (χ2n) is 3.98. The van der Waals surface area contributed by atoms with Crippen LogP contribution in [0.5, 0.6) is 0 Å². The van der Waals surface area contributed by atoms with Crippen LogP contribution in [0.4, 0.5) is 0 Å². The fourth-order valence-electron chi connectivity index (χ4n) is 1.59. The number of rotatable bonds is 3. The third-order valence-corrected chi connectivity index (χ3v) is 4.95. The second-order valence-corrected chi connectivity index (χ2v) is 6.18. The Hall–Kier alpha value is -1.58. The molecule has 0 radical (unpaired) electrons. The minimum absolute atomic E-state index is 0.234. The van der Waals surface area contributed by atoms with E-state index in [1.807, 2.05) is 18.2 Å². The normalized spacial score (nSPS) is 10.6. The topological polar surface area (TPSA) is 44.0 Å². The van der Waals surface area contributed by atoms with Crippen LogP contribution in [0, 0.1) is 0 Å². The molecule has 5 heteroatoms. The molecule has 0 bridgehead atoms.